The van der Waals surface area contributed by atoms with Gasteiger partial charge in [-0.2, -0.15) is 0 Å². The third-order valence-corrected chi connectivity index (χ3v) is 3.68. The molecule has 0 unspecified atom stereocenters. The number of thiophene rings is 1. The molecule has 0 spiro atoms. The first kappa shape index (κ1) is 11.0. The lowest BCUT2D eigenvalue weighted by Gasteiger charge is -2.05. The highest BCUT2D eigenvalue weighted by Crippen LogP contribution is 2.30. The number of fused-ring (bicyclic) bond motifs is 1. The molecule has 3 nitrogen and oxygen atoms in total. The van der Waals surface area contributed by atoms with Crippen molar-refractivity contribution in [3.63, 3.8) is 0 Å². The normalized spacial score (nSPS) is 10.7. The molecular formula is C14H12N2OS. The van der Waals surface area contributed by atoms with Crippen LogP contribution in [-0.2, 0) is 0 Å². The Balaban J connectivity index is 2.03. The van der Waals surface area contributed by atoms with Gasteiger partial charge in [-0.1, -0.05) is 12.1 Å². The van der Waals surface area contributed by atoms with Gasteiger partial charge in [0, 0.05) is 22.5 Å². The van der Waals surface area contributed by atoms with Gasteiger partial charge in [-0.05, 0) is 30.7 Å². The van der Waals surface area contributed by atoms with Gasteiger partial charge >= 0.3 is 0 Å². The molecule has 3 aromatic rings. The van der Waals surface area contributed by atoms with Crippen molar-refractivity contribution in [3.05, 3.63) is 57.7 Å². The van der Waals surface area contributed by atoms with E-state index in [9.17, 15) is 4.79 Å². The lowest BCUT2D eigenvalue weighted by atomic mass is 10.2. The summed E-state index contributed by atoms with van der Waals surface area (Å²) in [5, 5.41) is 6.44. The van der Waals surface area contributed by atoms with E-state index in [1.807, 2.05) is 23.6 Å². The Morgan fingerprint density at radius 3 is 2.94 bits per heavy atom. The molecule has 0 bridgehead atoms. The van der Waals surface area contributed by atoms with Crippen LogP contribution in [0.4, 0.5) is 11.4 Å². The van der Waals surface area contributed by atoms with Gasteiger partial charge in [-0.3, -0.25) is 4.79 Å². The summed E-state index contributed by atoms with van der Waals surface area (Å²) in [6, 6.07) is 11.6. The molecular weight excluding hydrogens is 244 g/mol. The number of anilines is 2. The summed E-state index contributed by atoms with van der Waals surface area (Å²) < 4.78 is 0. The number of aromatic amines is 1. The first-order valence-electron chi connectivity index (χ1n) is 5.66. The predicted molar refractivity (Wildman–Crippen MR) is 76.9 cm³/mol. The fourth-order valence-electron chi connectivity index (χ4n) is 1.92. The minimum Gasteiger partial charge on any atom is -0.354 e. The van der Waals surface area contributed by atoms with Crippen molar-refractivity contribution >= 4 is 32.9 Å². The average molecular weight is 256 g/mol. The van der Waals surface area contributed by atoms with Crippen LogP contribution in [0.1, 0.15) is 5.56 Å². The number of hydrogen-bond acceptors (Lipinski definition) is 3. The maximum absolute atomic E-state index is 11.2. The van der Waals surface area contributed by atoms with Gasteiger partial charge in [0.15, 0.2) is 0 Å². The zero-order chi connectivity index (χ0) is 12.5. The molecule has 0 radical (unpaired) electrons. The molecule has 0 aliphatic rings. The zero-order valence-corrected chi connectivity index (χ0v) is 10.7. The summed E-state index contributed by atoms with van der Waals surface area (Å²) in [5.74, 6) is 0. The summed E-state index contributed by atoms with van der Waals surface area (Å²) in [4.78, 5) is 15.0. The molecule has 0 atom stereocenters. The summed E-state index contributed by atoms with van der Waals surface area (Å²) in [5.41, 5.74) is 3.23. The summed E-state index contributed by atoms with van der Waals surface area (Å²) in [6.45, 7) is 2.06. The standard InChI is InChI=1S/C14H12N2OS/c1-9-3-2-4-10(7-9)15-12-8-18-14-11(12)5-6-13(17)16-14/h2-8,15H,1H3,(H,16,17). The van der Waals surface area contributed by atoms with Crippen molar-refractivity contribution in [2.75, 3.05) is 5.32 Å². The molecule has 0 amide bonds. The van der Waals surface area contributed by atoms with E-state index in [0.29, 0.717) is 0 Å². The second-order valence-corrected chi connectivity index (χ2v) is 5.09. The molecule has 0 aliphatic heterocycles. The third kappa shape index (κ3) is 2.02. The molecule has 0 aliphatic carbocycles. The number of hydrogen-bond donors (Lipinski definition) is 2. The van der Waals surface area contributed by atoms with Crippen LogP contribution >= 0.6 is 11.3 Å². The summed E-state index contributed by atoms with van der Waals surface area (Å²) in [7, 11) is 0. The largest absolute Gasteiger partial charge is 0.354 e. The Hall–Kier alpha value is -2.07. The molecule has 2 heterocycles. The number of benzene rings is 1. The number of rotatable bonds is 2. The smallest absolute Gasteiger partial charge is 0.249 e. The van der Waals surface area contributed by atoms with Gasteiger partial charge < -0.3 is 10.3 Å². The lowest BCUT2D eigenvalue weighted by molar-refractivity contribution is 1.33. The first-order valence-corrected chi connectivity index (χ1v) is 6.54. The molecule has 1 aromatic carbocycles. The number of aromatic nitrogens is 1. The molecule has 0 fully saturated rings. The van der Waals surface area contributed by atoms with Crippen LogP contribution in [0.5, 0.6) is 0 Å². The molecule has 0 saturated carbocycles. The fraction of sp³-hybridized carbons (Fsp3) is 0.0714. The van der Waals surface area contributed by atoms with Gasteiger partial charge in [0.25, 0.3) is 0 Å². The minimum atomic E-state index is -0.0635. The van der Waals surface area contributed by atoms with Crippen molar-refractivity contribution in [2.45, 2.75) is 6.92 Å². The van der Waals surface area contributed by atoms with E-state index in [1.54, 1.807) is 6.07 Å². The van der Waals surface area contributed by atoms with Crippen molar-refractivity contribution < 1.29 is 0 Å². The minimum absolute atomic E-state index is 0.0635. The fourth-order valence-corrected chi connectivity index (χ4v) is 2.80. The van der Waals surface area contributed by atoms with E-state index < -0.39 is 0 Å². The van der Waals surface area contributed by atoms with E-state index in [2.05, 4.69) is 29.4 Å². The van der Waals surface area contributed by atoms with E-state index in [1.165, 1.54) is 16.9 Å². The molecule has 3 rings (SSSR count). The third-order valence-electron chi connectivity index (χ3n) is 2.76. The van der Waals surface area contributed by atoms with Gasteiger partial charge in [-0.25, -0.2) is 0 Å². The molecule has 0 saturated heterocycles. The molecule has 2 aromatic heterocycles. The Morgan fingerprint density at radius 1 is 1.22 bits per heavy atom. The van der Waals surface area contributed by atoms with E-state index in [0.717, 1.165) is 21.6 Å². The number of nitrogens with one attached hydrogen (secondary N) is 2. The van der Waals surface area contributed by atoms with Crippen LogP contribution in [0.25, 0.3) is 10.2 Å². The maximum atomic E-state index is 11.2. The maximum Gasteiger partial charge on any atom is 0.249 e. The summed E-state index contributed by atoms with van der Waals surface area (Å²) in [6.07, 6.45) is 0. The predicted octanol–water partition coefficient (Wildman–Crippen LogP) is 3.64. The Labute approximate surface area is 108 Å². The van der Waals surface area contributed by atoms with Gasteiger partial charge in [0.1, 0.15) is 4.83 Å². The quantitative estimate of drug-likeness (QED) is 0.735. The lowest BCUT2D eigenvalue weighted by Crippen LogP contribution is -2.01. The highest BCUT2D eigenvalue weighted by Gasteiger charge is 2.04. The molecule has 4 heteroatoms. The second-order valence-electron chi connectivity index (χ2n) is 4.21. The highest BCUT2D eigenvalue weighted by molar-refractivity contribution is 7.17. The van der Waals surface area contributed by atoms with Gasteiger partial charge in [0.2, 0.25) is 5.56 Å². The highest BCUT2D eigenvalue weighted by atomic mass is 32.1. The zero-order valence-electron chi connectivity index (χ0n) is 9.86. The van der Waals surface area contributed by atoms with Crippen LogP contribution in [0.2, 0.25) is 0 Å². The first-order chi connectivity index (χ1) is 8.72. The molecule has 90 valence electrons. The van der Waals surface area contributed by atoms with Crippen molar-refractivity contribution in [1.29, 1.82) is 0 Å². The molecule has 18 heavy (non-hydrogen) atoms. The average Bonchev–Trinajstić information content (AvgIpc) is 2.72. The van der Waals surface area contributed by atoms with Gasteiger partial charge in [-0.15, -0.1) is 11.3 Å². The van der Waals surface area contributed by atoms with Crippen LogP contribution in [-0.4, -0.2) is 4.98 Å². The second kappa shape index (κ2) is 4.31. The van der Waals surface area contributed by atoms with Crippen LogP contribution in [0.15, 0.2) is 46.6 Å². The van der Waals surface area contributed by atoms with Crippen molar-refractivity contribution in [3.8, 4) is 0 Å². The Kier molecular flexibility index (Phi) is 2.64. The number of H-pyrrole nitrogens is 1. The Morgan fingerprint density at radius 2 is 2.11 bits per heavy atom. The van der Waals surface area contributed by atoms with Crippen LogP contribution in [0, 0.1) is 6.92 Å². The van der Waals surface area contributed by atoms with E-state index >= 15 is 0 Å². The van der Waals surface area contributed by atoms with E-state index in [4.69, 9.17) is 0 Å². The van der Waals surface area contributed by atoms with Crippen LogP contribution < -0.4 is 10.9 Å². The number of aryl methyl sites for hydroxylation is 1. The SMILES string of the molecule is Cc1cccc(Nc2csc3[nH]c(=O)ccc23)c1. The number of pyridine rings is 1. The molecule has 2 N–H and O–H groups in total. The topological polar surface area (TPSA) is 44.9 Å². The monoisotopic (exact) mass is 256 g/mol. The van der Waals surface area contributed by atoms with Crippen LogP contribution in [0.3, 0.4) is 0 Å². The van der Waals surface area contributed by atoms with Crippen molar-refractivity contribution in [2.24, 2.45) is 0 Å². The van der Waals surface area contributed by atoms with Crippen molar-refractivity contribution in [1.82, 2.24) is 4.98 Å². The Bertz CT molecular complexity index is 758. The van der Waals surface area contributed by atoms with Gasteiger partial charge in [0.05, 0.1) is 5.69 Å². The van der Waals surface area contributed by atoms with E-state index in [-0.39, 0.29) is 5.56 Å². The summed E-state index contributed by atoms with van der Waals surface area (Å²) >= 11 is 1.53.